The number of carbonyl (C=O) groups is 3. The van der Waals surface area contributed by atoms with Gasteiger partial charge in [-0.1, -0.05) is 0 Å². The molecule has 3 N–H and O–H groups in total. The van der Waals surface area contributed by atoms with Crippen molar-refractivity contribution in [3.63, 3.8) is 0 Å². The zero-order valence-electron chi connectivity index (χ0n) is 19.8. The first-order valence-corrected chi connectivity index (χ1v) is 12.7. The zero-order valence-corrected chi connectivity index (χ0v) is 20.6. The van der Waals surface area contributed by atoms with Crippen molar-refractivity contribution >= 4 is 46.7 Å². The summed E-state index contributed by atoms with van der Waals surface area (Å²) in [7, 11) is 0. The van der Waals surface area contributed by atoms with Crippen molar-refractivity contribution in [3.8, 4) is 11.3 Å². The number of nitrogens with one attached hydrogen (secondary N) is 3. The molecule has 3 aromatic heterocycles. The van der Waals surface area contributed by atoms with Gasteiger partial charge in [-0.2, -0.15) is 9.61 Å². The summed E-state index contributed by atoms with van der Waals surface area (Å²) in [5.74, 6) is 0.264. The number of aromatic nitrogens is 3. The maximum absolute atomic E-state index is 13.2. The number of urea groups is 1. The lowest BCUT2D eigenvalue weighted by Gasteiger charge is -2.35. The molecule has 11 nitrogen and oxygen atoms in total. The molecule has 0 aromatic carbocycles. The van der Waals surface area contributed by atoms with E-state index in [2.05, 4.69) is 21.0 Å². The predicted molar refractivity (Wildman–Crippen MR) is 134 cm³/mol. The van der Waals surface area contributed by atoms with Crippen LogP contribution in [0.2, 0.25) is 0 Å². The van der Waals surface area contributed by atoms with Crippen LogP contribution in [-0.2, 0) is 9.53 Å². The Hall–Kier alpha value is -3.77. The minimum Gasteiger partial charge on any atom is -0.372 e. The number of anilines is 1. The van der Waals surface area contributed by atoms with Gasteiger partial charge >= 0.3 is 6.03 Å². The second-order valence-electron chi connectivity index (χ2n) is 9.41. The number of imide groups is 1. The molecule has 1 aliphatic carbocycles. The van der Waals surface area contributed by atoms with E-state index in [0.29, 0.717) is 40.9 Å². The lowest BCUT2D eigenvalue weighted by Crippen LogP contribution is -2.48. The van der Waals surface area contributed by atoms with Crippen molar-refractivity contribution in [2.75, 3.05) is 18.4 Å². The van der Waals surface area contributed by atoms with E-state index in [1.807, 2.05) is 36.3 Å². The molecule has 2 atom stereocenters. The number of morpholine rings is 1. The molecule has 1 saturated carbocycles. The molecule has 12 heteroatoms. The summed E-state index contributed by atoms with van der Waals surface area (Å²) in [6, 6.07) is 3.61. The first-order valence-electron chi connectivity index (χ1n) is 11.9. The zero-order chi connectivity index (χ0) is 25.0. The normalized spacial score (nSPS) is 23.3. The largest absolute Gasteiger partial charge is 0.372 e. The van der Waals surface area contributed by atoms with E-state index in [1.54, 1.807) is 16.8 Å². The Morgan fingerprint density at radius 1 is 1.19 bits per heavy atom. The highest BCUT2D eigenvalue weighted by Gasteiger charge is 2.28. The Labute approximate surface area is 210 Å². The number of hydrogen-bond donors (Lipinski definition) is 3. The van der Waals surface area contributed by atoms with Gasteiger partial charge in [-0.15, -0.1) is 11.3 Å². The van der Waals surface area contributed by atoms with Gasteiger partial charge in [0.15, 0.2) is 5.65 Å². The van der Waals surface area contributed by atoms with Crippen LogP contribution in [0.5, 0.6) is 0 Å². The first kappa shape index (κ1) is 22.7. The van der Waals surface area contributed by atoms with Crippen LogP contribution >= 0.6 is 11.3 Å². The van der Waals surface area contributed by atoms with Crippen LogP contribution in [0.25, 0.3) is 23.0 Å². The maximum atomic E-state index is 13.2. The molecule has 0 spiro atoms. The van der Waals surface area contributed by atoms with Gasteiger partial charge in [-0.3, -0.25) is 14.9 Å². The fraction of sp³-hybridized carbons (Fsp3) is 0.375. The minimum absolute atomic E-state index is 0.00148. The van der Waals surface area contributed by atoms with Gasteiger partial charge in [0.05, 0.1) is 29.0 Å². The van der Waals surface area contributed by atoms with E-state index in [9.17, 15) is 14.4 Å². The van der Waals surface area contributed by atoms with E-state index in [-0.39, 0.29) is 23.8 Å². The number of nitrogens with zero attached hydrogens (tertiary/aromatic N) is 4. The van der Waals surface area contributed by atoms with Crippen LogP contribution in [0.3, 0.4) is 0 Å². The van der Waals surface area contributed by atoms with Crippen molar-refractivity contribution in [2.45, 2.75) is 44.9 Å². The molecule has 36 heavy (non-hydrogen) atoms. The summed E-state index contributed by atoms with van der Waals surface area (Å²) in [5.41, 5.74) is 2.77. The average Bonchev–Trinajstić information content (AvgIpc) is 3.22. The molecule has 0 radical (unpaired) electrons. The van der Waals surface area contributed by atoms with Crippen LogP contribution in [0.1, 0.15) is 41.9 Å². The Balaban J connectivity index is 1.36. The maximum Gasteiger partial charge on any atom is 0.326 e. The molecule has 2 unspecified atom stereocenters. The molecule has 4 amide bonds. The van der Waals surface area contributed by atoms with Gasteiger partial charge in [0.2, 0.25) is 0 Å². The Morgan fingerprint density at radius 2 is 1.97 bits per heavy atom. The van der Waals surface area contributed by atoms with E-state index < -0.39 is 11.9 Å². The lowest BCUT2D eigenvalue weighted by molar-refractivity contribution is -0.115. The van der Waals surface area contributed by atoms with Gasteiger partial charge in [0.25, 0.3) is 11.8 Å². The van der Waals surface area contributed by atoms with Crippen LogP contribution in [-0.4, -0.2) is 68.7 Å². The first-order chi connectivity index (χ1) is 17.3. The second kappa shape index (κ2) is 8.71. The Bertz CT molecular complexity index is 1410. The lowest BCUT2D eigenvalue weighted by atomic mass is 10.2. The number of carbonyl (C=O) groups excluding carboxylic acids is 3. The van der Waals surface area contributed by atoms with Gasteiger partial charge in [-0.05, 0) is 38.8 Å². The quantitative estimate of drug-likeness (QED) is 0.357. The van der Waals surface area contributed by atoms with Gasteiger partial charge in [0.1, 0.15) is 11.5 Å². The molecule has 2 saturated heterocycles. The predicted octanol–water partition coefficient (Wildman–Crippen LogP) is 2.46. The highest BCUT2D eigenvalue weighted by atomic mass is 32.1. The highest BCUT2D eigenvalue weighted by Crippen LogP contribution is 2.32. The van der Waals surface area contributed by atoms with Crippen LogP contribution < -0.4 is 16.0 Å². The number of hydrogen-bond acceptors (Lipinski definition) is 8. The molecule has 5 heterocycles. The van der Waals surface area contributed by atoms with Crippen LogP contribution in [0.15, 0.2) is 29.4 Å². The summed E-state index contributed by atoms with van der Waals surface area (Å²) in [6.45, 7) is 5.08. The molecular formula is C24H25N7O4S. The molecule has 186 valence electrons. The van der Waals surface area contributed by atoms with Crippen molar-refractivity contribution in [3.05, 3.63) is 39.8 Å². The number of rotatable bonds is 5. The second-order valence-corrected chi connectivity index (χ2v) is 10.3. The molecule has 3 aromatic rings. The highest BCUT2D eigenvalue weighted by molar-refractivity contribution is 7.12. The van der Waals surface area contributed by atoms with Crippen LogP contribution in [0, 0.1) is 0 Å². The molecular weight excluding hydrogens is 482 g/mol. The monoisotopic (exact) mass is 507 g/mol. The molecule has 3 fully saturated rings. The van der Waals surface area contributed by atoms with Crippen molar-refractivity contribution in [2.24, 2.45) is 0 Å². The minimum atomic E-state index is -0.563. The van der Waals surface area contributed by atoms with E-state index in [4.69, 9.17) is 9.72 Å². The van der Waals surface area contributed by atoms with E-state index in [1.165, 1.54) is 11.3 Å². The van der Waals surface area contributed by atoms with Crippen molar-refractivity contribution < 1.29 is 19.1 Å². The summed E-state index contributed by atoms with van der Waals surface area (Å²) in [5, 5.41) is 14.6. The van der Waals surface area contributed by atoms with Crippen molar-refractivity contribution in [1.29, 1.82) is 0 Å². The summed E-state index contributed by atoms with van der Waals surface area (Å²) < 4.78 is 7.46. The number of amides is 4. The van der Waals surface area contributed by atoms with Crippen LogP contribution in [0.4, 0.5) is 10.6 Å². The summed E-state index contributed by atoms with van der Waals surface area (Å²) in [4.78, 5) is 44.0. The SMILES string of the molecule is CC1CN(C(=O)c2cc(-c3cc(NC4CC4)n4ncc(C=C5NC(=O)NC5=O)c4n3)cs2)CC(C)O1. The molecule has 0 bridgehead atoms. The molecule has 2 aliphatic heterocycles. The number of ether oxygens (including phenoxy) is 1. The third kappa shape index (κ3) is 4.33. The fourth-order valence-electron chi connectivity index (χ4n) is 4.49. The van der Waals surface area contributed by atoms with Gasteiger partial charge in [-0.25, -0.2) is 9.78 Å². The van der Waals surface area contributed by atoms with E-state index >= 15 is 0 Å². The topological polar surface area (TPSA) is 130 Å². The third-order valence-corrected chi connectivity index (χ3v) is 7.18. The molecule has 6 rings (SSSR count). The standard InChI is InChI=1S/C24H25N7O4S/c1-12-9-30(10-13(2)35-12)23(33)19-6-15(11-36-19)17-7-20(26-16-3-4-16)31-21(27-17)14(8-25-31)5-18-22(32)29-24(34)28-18/h5-8,11-13,16,26H,3-4,9-10H2,1-2H3,(H2,28,29,32,34). The summed E-state index contributed by atoms with van der Waals surface area (Å²) >= 11 is 1.39. The average molecular weight is 508 g/mol. The number of thiophene rings is 1. The number of fused-ring (bicyclic) bond motifs is 1. The van der Waals surface area contributed by atoms with E-state index in [0.717, 1.165) is 24.2 Å². The molecule has 3 aliphatic rings. The van der Waals surface area contributed by atoms with Gasteiger partial charge < -0.3 is 20.3 Å². The third-order valence-electron chi connectivity index (χ3n) is 6.26. The van der Waals surface area contributed by atoms with Gasteiger partial charge in [0, 0.05) is 41.7 Å². The van der Waals surface area contributed by atoms with Crippen molar-refractivity contribution in [1.82, 2.24) is 30.1 Å². The smallest absolute Gasteiger partial charge is 0.326 e. The Morgan fingerprint density at radius 3 is 2.67 bits per heavy atom. The fourth-order valence-corrected chi connectivity index (χ4v) is 5.36. The Kier molecular flexibility index (Phi) is 5.49. The summed E-state index contributed by atoms with van der Waals surface area (Å²) in [6.07, 6.45) is 5.33.